The van der Waals surface area contributed by atoms with Crippen LogP contribution in [0.15, 0.2) is 12.3 Å². The van der Waals surface area contributed by atoms with E-state index in [9.17, 15) is 0 Å². The van der Waals surface area contributed by atoms with Gasteiger partial charge >= 0.3 is 0 Å². The maximum absolute atomic E-state index is 5.23. The molecule has 0 aromatic carbocycles. The van der Waals surface area contributed by atoms with E-state index in [4.69, 9.17) is 4.74 Å². The Bertz CT molecular complexity index is 101. The molecule has 0 N–H and O–H groups in total. The summed E-state index contributed by atoms with van der Waals surface area (Å²) in [7, 11) is 2.00. The molecule has 2 nitrogen and oxygen atoms in total. The number of rotatable bonds is 0. The Morgan fingerprint density at radius 2 is 2.50 bits per heavy atom. The molecular formula is C6H11NO. The molecule has 0 amide bonds. The summed E-state index contributed by atoms with van der Waals surface area (Å²) in [5.41, 5.74) is 0. The van der Waals surface area contributed by atoms with Crippen LogP contribution in [0.25, 0.3) is 0 Å². The molecule has 1 rings (SSSR count). The highest BCUT2D eigenvalue weighted by atomic mass is 16.5. The highest BCUT2D eigenvalue weighted by molar-refractivity contribution is 4.85. The van der Waals surface area contributed by atoms with Gasteiger partial charge in [-0.25, -0.2) is 0 Å². The molecule has 1 atom stereocenters. The van der Waals surface area contributed by atoms with Gasteiger partial charge in [-0.3, -0.25) is 0 Å². The van der Waals surface area contributed by atoms with Gasteiger partial charge in [-0.2, -0.15) is 0 Å². The lowest BCUT2D eigenvalue weighted by Crippen LogP contribution is -2.29. The van der Waals surface area contributed by atoms with E-state index < -0.39 is 0 Å². The van der Waals surface area contributed by atoms with Gasteiger partial charge in [0.25, 0.3) is 0 Å². The molecule has 1 aliphatic rings. The minimum atomic E-state index is 0.250. The van der Waals surface area contributed by atoms with Crippen LogP contribution in [0.5, 0.6) is 0 Å². The SMILES string of the molecule is CC1OCC=CN1C. The third-order valence-electron chi connectivity index (χ3n) is 1.35. The third kappa shape index (κ3) is 1.01. The minimum Gasteiger partial charge on any atom is -0.356 e. The molecule has 8 heavy (non-hydrogen) atoms. The average molecular weight is 113 g/mol. The minimum absolute atomic E-state index is 0.250. The second-order valence-electron chi connectivity index (χ2n) is 1.98. The van der Waals surface area contributed by atoms with Gasteiger partial charge in [-0.05, 0) is 19.2 Å². The first kappa shape index (κ1) is 5.63. The zero-order valence-electron chi connectivity index (χ0n) is 5.29. The first-order valence-electron chi connectivity index (χ1n) is 2.81. The largest absolute Gasteiger partial charge is 0.356 e. The number of hydrogen-bond donors (Lipinski definition) is 0. The van der Waals surface area contributed by atoms with Crippen molar-refractivity contribution in [3.8, 4) is 0 Å². The normalized spacial score (nSPS) is 28.8. The first-order valence-corrected chi connectivity index (χ1v) is 2.81. The molecule has 0 bridgehead atoms. The standard InChI is InChI=1S/C6H11NO/c1-6-7(2)4-3-5-8-6/h3-4,6H,5H2,1-2H3. The van der Waals surface area contributed by atoms with Crippen molar-refractivity contribution < 1.29 is 4.74 Å². The van der Waals surface area contributed by atoms with Gasteiger partial charge < -0.3 is 9.64 Å². The van der Waals surface area contributed by atoms with E-state index in [-0.39, 0.29) is 6.23 Å². The number of nitrogens with zero attached hydrogens (tertiary/aromatic N) is 1. The molecular weight excluding hydrogens is 102 g/mol. The van der Waals surface area contributed by atoms with Crippen LogP contribution in [0.3, 0.4) is 0 Å². The molecule has 1 unspecified atom stereocenters. The summed E-state index contributed by atoms with van der Waals surface area (Å²) in [5, 5.41) is 0. The fraction of sp³-hybridized carbons (Fsp3) is 0.667. The summed E-state index contributed by atoms with van der Waals surface area (Å²) in [5.74, 6) is 0. The van der Waals surface area contributed by atoms with Crippen LogP contribution in [-0.4, -0.2) is 24.8 Å². The van der Waals surface area contributed by atoms with Gasteiger partial charge in [-0.1, -0.05) is 0 Å². The van der Waals surface area contributed by atoms with Crippen molar-refractivity contribution in [1.82, 2.24) is 4.90 Å². The maximum Gasteiger partial charge on any atom is 0.126 e. The Labute approximate surface area is 49.7 Å². The van der Waals surface area contributed by atoms with Crippen LogP contribution in [0.4, 0.5) is 0 Å². The highest BCUT2D eigenvalue weighted by Gasteiger charge is 2.06. The number of hydrogen-bond acceptors (Lipinski definition) is 2. The van der Waals surface area contributed by atoms with E-state index in [0.717, 1.165) is 6.61 Å². The second-order valence-corrected chi connectivity index (χ2v) is 1.98. The van der Waals surface area contributed by atoms with Gasteiger partial charge in [0.05, 0.1) is 6.61 Å². The van der Waals surface area contributed by atoms with Crippen molar-refractivity contribution in [2.45, 2.75) is 13.2 Å². The van der Waals surface area contributed by atoms with E-state index in [2.05, 4.69) is 0 Å². The summed E-state index contributed by atoms with van der Waals surface area (Å²) in [6.45, 7) is 2.79. The van der Waals surface area contributed by atoms with Gasteiger partial charge in [0, 0.05) is 7.05 Å². The summed E-state index contributed by atoms with van der Waals surface area (Å²) in [6, 6.07) is 0. The lowest BCUT2D eigenvalue weighted by atomic mass is 10.5. The smallest absolute Gasteiger partial charge is 0.126 e. The zero-order chi connectivity index (χ0) is 5.98. The fourth-order valence-electron chi connectivity index (χ4n) is 0.643. The lowest BCUT2D eigenvalue weighted by Gasteiger charge is -2.25. The molecule has 0 aliphatic carbocycles. The molecule has 0 saturated carbocycles. The summed E-state index contributed by atoms with van der Waals surface area (Å²) >= 11 is 0. The summed E-state index contributed by atoms with van der Waals surface area (Å²) < 4.78 is 5.23. The fourth-order valence-corrected chi connectivity index (χ4v) is 0.643. The molecule has 0 saturated heterocycles. The number of ether oxygens (including phenoxy) is 1. The predicted molar refractivity (Wildman–Crippen MR) is 32.3 cm³/mol. The Morgan fingerprint density at radius 1 is 1.75 bits per heavy atom. The maximum atomic E-state index is 5.23. The summed E-state index contributed by atoms with van der Waals surface area (Å²) in [4.78, 5) is 2.03. The molecule has 0 fully saturated rings. The second kappa shape index (κ2) is 2.18. The Kier molecular flexibility index (Phi) is 1.53. The quantitative estimate of drug-likeness (QED) is 0.461. The van der Waals surface area contributed by atoms with Crippen LogP contribution in [-0.2, 0) is 4.74 Å². The van der Waals surface area contributed by atoms with Gasteiger partial charge in [-0.15, -0.1) is 0 Å². The Balaban J connectivity index is 2.47. The van der Waals surface area contributed by atoms with Crippen LogP contribution in [0.1, 0.15) is 6.92 Å². The van der Waals surface area contributed by atoms with Crippen molar-refractivity contribution in [2.24, 2.45) is 0 Å². The van der Waals surface area contributed by atoms with E-state index in [0.29, 0.717) is 0 Å². The zero-order valence-corrected chi connectivity index (χ0v) is 5.29. The molecule has 1 aliphatic heterocycles. The highest BCUT2D eigenvalue weighted by Crippen LogP contribution is 2.02. The van der Waals surface area contributed by atoms with Crippen molar-refractivity contribution in [3.63, 3.8) is 0 Å². The Hall–Kier alpha value is -0.500. The Morgan fingerprint density at radius 3 is 2.88 bits per heavy atom. The van der Waals surface area contributed by atoms with Gasteiger partial charge in [0.2, 0.25) is 0 Å². The van der Waals surface area contributed by atoms with Crippen molar-refractivity contribution in [3.05, 3.63) is 12.3 Å². The lowest BCUT2D eigenvalue weighted by molar-refractivity contribution is -0.0106. The van der Waals surface area contributed by atoms with Crippen molar-refractivity contribution in [1.29, 1.82) is 0 Å². The molecule has 2 heteroatoms. The van der Waals surface area contributed by atoms with Crippen LogP contribution in [0, 0.1) is 0 Å². The van der Waals surface area contributed by atoms with Crippen molar-refractivity contribution >= 4 is 0 Å². The van der Waals surface area contributed by atoms with Gasteiger partial charge in [0.15, 0.2) is 0 Å². The predicted octanol–water partition coefficient (Wildman–Crippen LogP) is 0.808. The van der Waals surface area contributed by atoms with Crippen LogP contribution < -0.4 is 0 Å². The molecule has 0 radical (unpaired) electrons. The average Bonchev–Trinajstić information content (AvgIpc) is 1.77. The van der Waals surface area contributed by atoms with Crippen molar-refractivity contribution in [2.75, 3.05) is 13.7 Å². The van der Waals surface area contributed by atoms with Crippen LogP contribution in [0.2, 0.25) is 0 Å². The molecule has 0 aromatic rings. The van der Waals surface area contributed by atoms with E-state index in [1.165, 1.54) is 0 Å². The molecule has 0 aromatic heterocycles. The molecule has 1 heterocycles. The monoisotopic (exact) mass is 113 g/mol. The topological polar surface area (TPSA) is 12.5 Å². The van der Waals surface area contributed by atoms with Crippen LogP contribution >= 0.6 is 0 Å². The van der Waals surface area contributed by atoms with E-state index in [1.807, 2.05) is 31.1 Å². The van der Waals surface area contributed by atoms with Gasteiger partial charge in [0.1, 0.15) is 6.23 Å². The third-order valence-corrected chi connectivity index (χ3v) is 1.35. The molecule has 46 valence electrons. The molecule has 0 spiro atoms. The summed E-state index contributed by atoms with van der Waals surface area (Å²) in [6.07, 6.45) is 4.29. The van der Waals surface area contributed by atoms with E-state index in [1.54, 1.807) is 0 Å². The first-order chi connectivity index (χ1) is 3.80. The van der Waals surface area contributed by atoms with E-state index >= 15 is 0 Å².